The van der Waals surface area contributed by atoms with E-state index in [4.69, 9.17) is 20.4 Å². The number of aryl methyl sites for hydroxylation is 2. The van der Waals surface area contributed by atoms with Gasteiger partial charge in [0.1, 0.15) is 17.2 Å². The van der Waals surface area contributed by atoms with Crippen LogP contribution in [0.3, 0.4) is 0 Å². The average molecular weight is 586 g/mol. The maximum Gasteiger partial charge on any atom is 0.237 e. The minimum absolute atomic E-state index is 0.266. The molecule has 4 aromatic rings. The zero-order valence-electron chi connectivity index (χ0n) is 24.9. The summed E-state index contributed by atoms with van der Waals surface area (Å²) in [5.41, 5.74) is 11.7. The number of nitrogens with one attached hydrogen (secondary N) is 2. The predicted octanol–water partition coefficient (Wildman–Crippen LogP) is 6.36. The first kappa shape index (κ1) is 28.4. The Kier molecular flexibility index (Phi) is 7.76. The maximum atomic E-state index is 11.4. The molecule has 9 nitrogen and oxygen atoms in total. The first-order valence-corrected chi connectivity index (χ1v) is 15.6. The van der Waals surface area contributed by atoms with Gasteiger partial charge in [-0.15, -0.1) is 11.8 Å². The van der Waals surface area contributed by atoms with Gasteiger partial charge in [0.25, 0.3) is 0 Å². The number of aromatic nitrogens is 3. The summed E-state index contributed by atoms with van der Waals surface area (Å²) >= 11 is 1.83. The zero-order chi connectivity index (χ0) is 29.5. The number of H-pyrrole nitrogens is 1. The van der Waals surface area contributed by atoms with Crippen LogP contribution in [0.15, 0.2) is 47.4 Å². The van der Waals surface area contributed by atoms with E-state index in [0.717, 1.165) is 65.6 Å². The van der Waals surface area contributed by atoms with Gasteiger partial charge in [0.05, 0.1) is 23.3 Å². The van der Waals surface area contributed by atoms with Crippen molar-refractivity contribution in [2.75, 3.05) is 29.9 Å². The van der Waals surface area contributed by atoms with E-state index in [0.29, 0.717) is 23.7 Å². The normalized spacial score (nSPS) is 17.6. The quantitative estimate of drug-likeness (QED) is 0.205. The molecule has 1 amide bonds. The Hall–Kier alpha value is -3.76. The Labute approximate surface area is 251 Å². The second kappa shape index (κ2) is 11.5. The highest BCUT2D eigenvalue weighted by atomic mass is 32.2. The van der Waals surface area contributed by atoms with Crippen LogP contribution in [0.5, 0.6) is 5.75 Å². The average Bonchev–Trinajstić information content (AvgIpc) is 3.47. The molecule has 1 fully saturated rings. The van der Waals surface area contributed by atoms with E-state index >= 15 is 0 Å². The number of aromatic amines is 1. The molecular weight excluding hydrogens is 546 g/mol. The number of benzene rings is 2. The molecule has 0 spiro atoms. The van der Waals surface area contributed by atoms with Crippen LogP contribution in [-0.4, -0.2) is 56.9 Å². The molecule has 0 aliphatic carbocycles. The fourth-order valence-corrected chi connectivity index (χ4v) is 7.03. The fraction of sp³-hybridized carbons (Fsp3) is 0.406. The SMILES string of the molecule is Cc1cc2c(Nc3ccccc3SC(C)C)nc(N3c4cc(C)c(C5CCN(CC(N)=O)CC5)cc4OC3C)nc2[nH]1. The molecule has 42 heavy (non-hydrogen) atoms. The van der Waals surface area contributed by atoms with Crippen molar-refractivity contribution >= 4 is 51.8 Å². The van der Waals surface area contributed by atoms with Crippen LogP contribution < -0.4 is 20.7 Å². The smallest absolute Gasteiger partial charge is 0.237 e. The van der Waals surface area contributed by atoms with Gasteiger partial charge in [0.2, 0.25) is 11.9 Å². The van der Waals surface area contributed by atoms with Crippen LogP contribution in [0.1, 0.15) is 56.4 Å². The van der Waals surface area contributed by atoms with Gasteiger partial charge >= 0.3 is 0 Å². The van der Waals surface area contributed by atoms with Crippen molar-refractivity contribution in [3.05, 3.63) is 59.3 Å². The molecule has 2 aliphatic rings. The summed E-state index contributed by atoms with van der Waals surface area (Å²) in [5, 5.41) is 5.03. The van der Waals surface area contributed by atoms with Crippen LogP contribution in [0, 0.1) is 13.8 Å². The summed E-state index contributed by atoms with van der Waals surface area (Å²) < 4.78 is 6.41. The number of anilines is 4. The number of nitrogens with two attached hydrogens (primary N) is 1. The molecular formula is C32H39N7O2S. The number of para-hydroxylation sites is 1. The number of amides is 1. The molecule has 2 aromatic carbocycles. The van der Waals surface area contributed by atoms with E-state index in [-0.39, 0.29) is 12.1 Å². The molecule has 2 aliphatic heterocycles. The van der Waals surface area contributed by atoms with Gasteiger partial charge in [-0.1, -0.05) is 26.0 Å². The van der Waals surface area contributed by atoms with Gasteiger partial charge in [-0.3, -0.25) is 14.6 Å². The standard InChI is InChI=1S/C32H39N7O2S/c1-18(2)42-28-9-7-6-8-25(28)35-31-24-15-20(4)34-30(24)36-32(37-31)39-21(5)41-27-16-23(19(3)14-26(27)39)22-10-12-38(13-11-22)17-29(33)40/h6-9,14-16,18,21-22H,10-13,17H2,1-5H3,(H2,33,40)(H2,34,35,36,37). The van der Waals surface area contributed by atoms with Gasteiger partial charge in [-0.2, -0.15) is 9.97 Å². The van der Waals surface area contributed by atoms with Crippen LogP contribution in [0.4, 0.5) is 23.1 Å². The summed E-state index contributed by atoms with van der Waals surface area (Å²) in [5.74, 6) is 2.34. The number of ether oxygens (including phenoxy) is 1. The van der Waals surface area contributed by atoms with Crippen molar-refractivity contribution in [1.29, 1.82) is 0 Å². The largest absolute Gasteiger partial charge is 0.468 e. The van der Waals surface area contributed by atoms with Crippen LogP contribution in [-0.2, 0) is 4.79 Å². The van der Waals surface area contributed by atoms with E-state index < -0.39 is 0 Å². The number of carbonyl (C=O) groups excluding carboxylic acids is 1. The molecule has 4 N–H and O–H groups in total. The highest BCUT2D eigenvalue weighted by molar-refractivity contribution is 8.00. The Balaban J connectivity index is 1.33. The number of primary amides is 1. The lowest BCUT2D eigenvalue weighted by Gasteiger charge is -2.32. The summed E-state index contributed by atoms with van der Waals surface area (Å²) in [6.45, 7) is 12.7. The molecule has 4 heterocycles. The molecule has 6 rings (SSSR count). The summed E-state index contributed by atoms with van der Waals surface area (Å²) in [4.78, 5) is 30.2. The van der Waals surface area contributed by atoms with Crippen molar-refractivity contribution in [3.63, 3.8) is 0 Å². The number of likely N-dealkylation sites (tertiary alicyclic amines) is 1. The second-order valence-corrected chi connectivity index (χ2v) is 13.3. The van der Waals surface area contributed by atoms with Gasteiger partial charge in [0.15, 0.2) is 6.23 Å². The second-order valence-electron chi connectivity index (χ2n) is 11.7. The number of thioether (sulfide) groups is 1. The third kappa shape index (κ3) is 5.65. The molecule has 0 bridgehead atoms. The molecule has 0 radical (unpaired) electrons. The first-order valence-electron chi connectivity index (χ1n) is 14.7. The Morgan fingerprint density at radius 1 is 1.17 bits per heavy atom. The van der Waals surface area contributed by atoms with Gasteiger partial charge in [-0.25, -0.2) is 0 Å². The topological polar surface area (TPSA) is 112 Å². The number of carbonyl (C=O) groups is 1. The Bertz CT molecular complexity index is 1630. The van der Waals surface area contributed by atoms with Crippen molar-refractivity contribution in [1.82, 2.24) is 19.9 Å². The number of hydrogen-bond acceptors (Lipinski definition) is 8. The summed E-state index contributed by atoms with van der Waals surface area (Å²) in [7, 11) is 0. The summed E-state index contributed by atoms with van der Waals surface area (Å²) in [6.07, 6.45) is 1.71. The van der Waals surface area contributed by atoms with Gasteiger partial charge < -0.3 is 20.8 Å². The van der Waals surface area contributed by atoms with Gasteiger partial charge in [0, 0.05) is 15.8 Å². The Morgan fingerprint density at radius 3 is 2.67 bits per heavy atom. The number of hydrogen-bond donors (Lipinski definition) is 3. The zero-order valence-corrected chi connectivity index (χ0v) is 25.7. The van der Waals surface area contributed by atoms with Crippen molar-refractivity contribution in [2.45, 2.75) is 69.8 Å². The minimum Gasteiger partial charge on any atom is -0.468 e. The molecule has 220 valence electrons. The predicted molar refractivity (Wildman–Crippen MR) is 170 cm³/mol. The van der Waals surface area contributed by atoms with Crippen LogP contribution in [0.25, 0.3) is 11.0 Å². The lowest BCUT2D eigenvalue weighted by molar-refractivity contribution is -0.119. The summed E-state index contributed by atoms with van der Waals surface area (Å²) in [6, 6.07) is 14.8. The van der Waals surface area contributed by atoms with Crippen molar-refractivity contribution in [2.24, 2.45) is 5.73 Å². The van der Waals surface area contributed by atoms with Gasteiger partial charge in [-0.05, 0) is 94.1 Å². The minimum atomic E-state index is -0.267. The van der Waals surface area contributed by atoms with E-state index in [9.17, 15) is 4.79 Å². The molecule has 2 aromatic heterocycles. The highest BCUT2D eigenvalue weighted by Gasteiger charge is 2.34. The molecule has 1 saturated heterocycles. The van der Waals surface area contributed by atoms with Crippen molar-refractivity contribution in [3.8, 4) is 5.75 Å². The number of nitrogens with zero attached hydrogens (tertiary/aromatic N) is 4. The third-order valence-corrected chi connectivity index (χ3v) is 9.08. The number of piperidine rings is 1. The molecule has 1 unspecified atom stereocenters. The Morgan fingerprint density at radius 2 is 1.93 bits per heavy atom. The maximum absolute atomic E-state index is 11.4. The third-order valence-electron chi connectivity index (χ3n) is 8.00. The van der Waals surface area contributed by atoms with E-state index in [2.05, 4.69) is 77.3 Å². The van der Waals surface area contributed by atoms with E-state index in [1.54, 1.807) is 0 Å². The lowest BCUT2D eigenvalue weighted by atomic mass is 9.86. The van der Waals surface area contributed by atoms with Crippen LogP contribution in [0.2, 0.25) is 0 Å². The van der Waals surface area contributed by atoms with Crippen molar-refractivity contribution < 1.29 is 9.53 Å². The monoisotopic (exact) mass is 585 g/mol. The molecule has 1 atom stereocenters. The number of fused-ring (bicyclic) bond motifs is 2. The number of rotatable bonds is 8. The molecule has 0 saturated carbocycles. The van der Waals surface area contributed by atoms with E-state index in [1.807, 2.05) is 31.7 Å². The fourth-order valence-electron chi connectivity index (χ4n) is 6.12. The first-order chi connectivity index (χ1) is 20.2. The van der Waals surface area contributed by atoms with Crippen LogP contribution >= 0.6 is 11.8 Å². The molecule has 10 heteroatoms. The van der Waals surface area contributed by atoms with E-state index in [1.165, 1.54) is 16.0 Å². The highest BCUT2D eigenvalue weighted by Crippen LogP contribution is 2.46. The lowest BCUT2D eigenvalue weighted by Crippen LogP contribution is -2.39.